The van der Waals surface area contributed by atoms with Crippen molar-refractivity contribution in [3.05, 3.63) is 64.9 Å². The number of halogens is 1. The van der Waals surface area contributed by atoms with Gasteiger partial charge in [0.1, 0.15) is 25.0 Å². The van der Waals surface area contributed by atoms with Gasteiger partial charge >= 0.3 is 0 Å². The van der Waals surface area contributed by atoms with Crippen molar-refractivity contribution in [2.45, 2.75) is 52.1 Å². The van der Waals surface area contributed by atoms with E-state index in [4.69, 9.17) is 25.6 Å². The molecule has 3 aromatic rings. The van der Waals surface area contributed by atoms with E-state index in [2.05, 4.69) is 15.8 Å². The van der Waals surface area contributed by atoms with Crippen molar-refractivity contribution in [2.24, 2.45) is 0 Å². The SMILES string of the molecule is Cc1cc(NC(=O)CCC(=O)N(c2ccc3c(c2)OCCO3)[C@H](C(=O)NC(C)(C)C)c2ccccc2Cl)no1. The van der Waals surface area contributed by atoms with Gasteiger partial charge in [-0.1, -0.05) is 35.0 Å². The summed E-state index contributed by atoms with van der Waals surface area (Å²) >= 11 is 6.56. The molecule has 2 heterocycles. The van der Waals surface area contributed by atoms with E-state index in [1.165, 1.54) is 4.90 Å². The van der Waals surface area contributed by atoms with E-state index in [0.717, 1.165) is 0 Å². The highest BCUT2D eigenvalue weighted by Gasteiger charge is 2.36. The van der Waals surface area contributed by atoms with Gasteiger partial charge < -0.3 is 24.6 Å². The number of nitrogens with zero attached hydrogens (tertiary/aromatic N) is 2. The van der Waals surface area contributed by atoms with E-state index in [0.29, 0.717) is 46.7 Å². The first-order valence-corrected chi connectivity index (χ1v) is 12.9. The van der Waals surface area contributed by atoms with Crippen LogP contribution in [0.3, 0.4) is 0 Å². The number of hydrogen-bond acceptors (Lipinski definition) is 7. The molecule has 0 unspecified atom stereocenters. The molecule has 1 aromatic heterocycles. The predicted molar refractivity (Wildman–Crippen MR) is 146 cm³/mol. The molecular weight excluding hydrogens is 524 g/mol. The summed E-state index contributed by atoms with van der Waals surface area (Å²) in [6.45, 7) is 8.01. The van der Waals surface area contributed by atoms with Crippen LogP contribution in [0, 0.1) is 6.92 Å². The number of amides is 3. The molecule has 1 atom stereocenters. The van der Waals surface area contributed by atoms with Gasteiger partial charge in [-0.3, -0.25) is 19.3 Å². The van der Waals surface area contributed by atoms with Crippen molar-refractivity contribution in [3.63, 3.8) is 0 Å². The van der Waals surface area contributed by atoms with Crippen LogP contribution in [0.2, 0.25) is 5.02 Å². The number of fused-ring (bicyclic) bond motifs is 1. The molecule has 4 rings (SSSR count). The average Bonchev–Trinajstić information content (AvgIpc) is 3.29. The average molecular weight is 555 g/mol. The van der Waals surface area contributed by atoms with Crippen molar-refractivity contribution in [2.75, 3.05) is 23.4 Å². The lowest BCUT2D eigenvalue weighted by Crippen LogP contribution is -2.49. The third kappa shape index (κ3) is 7.08. The van der Waals surface area contributed by atoms with Crippen LogP contribution in [0.15, 0.2) is 53.1 Å². The maximum Gasteiger partial charge on any atom is 0.248 e. The van der Waals surface area contributed by atoms with Crippen LogP contribution < -0.4 is 25.0 Å². The van der Waals surface area contributed by atoms with Crippen LogP contribution in [-0.2, 0) is 14.4 Å². The number of rotatable bonds is 8. The third-order valence-corrected chi connectivity index (χ3v) is 6.08. The number of aryl methyl sites for hydroxylation is 1. The van der Waals surface area contributed by atoms with E-state index >= 15 is 0 Å². The third-order valence-electron chi connectivity index (χ3n) is 5.74. The van der Waals surface area contributed by atoms with Crippen LogP contribution in [0.25, 0.3) is 0 Å². The maximum atomic E-state index is 13.9. The largest absolute Gasteiger partial charge is 0.486 e. The Balaban J connectivity index is 1.71. The number of hydrogen-bond donors (Lipinski definition) is 2. The van der Waals surface area contributed by atoms with E-state index < -0.39 is 29.3 Å². The minimum atomic E-state index is -1.13. The highest BCUT2D eigenvalue weighted by molar-refractivity contribution is 6.31. The van der Waals surface area contributed by atoms with Crippen LogP contribution in [0.5, 0.6) is 11.5 Å². The molecule has 1 aliphatic heterocycles. The van der Waals surface area contributed by atoms with E-state index in [9.17, 15) is 14.4 Å². The summed E-state index contributed by atoms with van der Waals surface area (Å²) in [6.07, 6.45) is -0.344. The molecule has 0 spiro atoms. The van der Waals surface area contributed by atoms with Gasteiger partial charge in [0, 0.05) is 46.8 Å². The highest BCUT2D eigenvalue weighted by atomic mass is 35.5. The number of anilines is 2. The number of aromatic nitrogens is 1. The van der Waals surface area contributed by atoms with Crippen molar-refractivity contribution < 1.29 is 28.4 Å². The normalized spacial score (nSPS) is 13.4. The summed E-state index contributed by atoms with van der Waals surface area (Å²) in [4.78, 5) is 41.6. The number of nitrogens with one attached hydrogen (secondary N) is 2. The Hall–Kier alpha value is -4.05. The summed E-state index contributed by atoms with van der Waals surface area (Å²) in [6, 6.07) is 12.3. The lowest BCUT2D eigenvalue weighted by molar-refractivity contribution is -0.128. The van der Waals surface area contributed by atoms with Gasteiger partial charge in [-0.05, 0) is 45.9 Å². The standard InChI is InChI=1S/C28H31ClN4O6/c1-17-15-23(32-39-17)30-24(34)11-12-25(35)33(18-9-10-21-22(16-18)38-14-13-37-21)26(27(36)31-28(2,3)4)19-7-5-6-8-20(19)29/h5-10,15-16,26H,11-14H2,1-4H3,(H,31,36)(H,30,32,34)/t26-/m0/s1. The zero-order chi connectivity index (χ0) is 28.2. The van der Waals surface area contributed by atoms with Gasteiger partial charge in [-0.2, -0.15) is 0 Å². The van der Waals surface area contributed by atoms with Gasteiger partial charge in [0.2, 0.25) is 17.7 Å². The molecule has 0 bridgehead atoms. The zero-order valence-electron chi connectivity index (χ0n) is 22.2. The first-order valence-electron chi connectivity index (χ1n) is 12.5. The summed E-state index contributed by atoms with van der Waals surface area (Å²) < 4.78 is 16.4. The van der Waals surface area contributed by atoms with Gasteiger partial charge in [0.05, 0.1) is 0 Å². The molecule has 1 aliphatic rings. The lowest BCUT2D eigenvalue weighted by Gasteiger charge is -2.34. The monoisotopic (exact) mass is 554 g/mol. The molecule has 206 valence electrons. The van der Waals surface area contributed by atoms with Gasteiger partial charge in [-0.15, -0.1) is 0 Å². The molecular formula is C28H31ClN4O6. The molecule has 10 nitrogen and oxygen atoms in total. The molecule has 0 radical (unpaired) electrons. The minimum Gasteiger partial charge on any atom is -0.486 e. The Morgan fingerprint density at radius 1 is 1.03 bits per heavy atom. The molecule has 39 heavy (non-hydrogen) atoms. The quantitative estimate of drug-likeness (QED) is 0.409. The van der Waals surface area contributed by atoms with Crippen molar-refractivity contribution in [1.82, 2.24) is 10.5 Å². The van der Waals surface area contributed by atoms with Crippen molar-refractivity contribution >= 4 is 40.8 Å². The van der Waals surface area contributed by atoms with Gasteiger partial charge in [0.25, 0.3) is 0 Å². The van der Waals surface area contributed by atoms with Crippen LogP contribution >= 0.6 is 11.6 Å². The zero-order valence-corrected chi connectivity index (χ0v) is 23.0. The second-order valence-electron chi connectivity index (χ2n) is 10.1. The Morgan fingerprint density at radius 3 is 2.41 bits per heavy atom. The maximum absolute atomic E-state index is 13.9. The first-order chi connectivity index (χ1) is 18.5. The Labute approximate surface area is 231 Å². The van der Waals surface area contributed by atoms with Crippen LogP contribution in [-0.4, -0.2) is 41.6 Å². The number of carbonyl (C=O) groups is 3. The molecule has 0 saturated carbocycles. The topological polar surface area (TPSA) is 123 Å². The Bertz CT molecular complexity index is 1370. The van der Waals surface area contributed by atoms with E-state index in [1.807, 2.05) is 20.8 Å². The van der Waals surface area contributed by atoms with E-state index in [-0.39, 0.29) is 18.7 Å². The first kappa shape index (κ1) is 28.0. The van der Waals surface area contributed by atoms with E-state index in [1.54, 1.807) is 55.5 Å². The van der Waals surface area contributed by atoms with Crippen molar-refractivity contribution in [1.29, 1.82) is 0 Å². The lowest BCUT2D eigenvalue weighted by atomic mass is 10.00. The number of carbonyl (C=O) groups excluding carboxylic acids is 3. The van der Waals surface area contributed by atoms with Crippen LogP contribution in [0.1, 0.15) is 51.0 Å². The summed E-state index contributed by atoms with van der Waals surface area (Å²) in [5.41, 5.74) is 0.241. The summed E-state index contributed by atoms with van der Waals surface area (Å²) in [5, 5.41) is 9.64. The molecule has 0 aliphatic carbocycles. The molecule has 0 saturated heterocycles. The summed E-state index contributed by atoms with van der Waals surface area (Å²) in [5.74, 6) is 0.462. The molecule has 2 aromatic carbocycles. The predicted octanol–water partition coefficient (Wildman–Crippen LogP) is 4.82. The molecule has 11 heteroatoms. The Morgan fingerprint density at radius 2 is 1.74 bits per heavy atom. The van der Waals surface area contributed by atoms with Gasteiger partial charge in [0.15, 0.2) is 17.3 Å². The fraction of sp³-hybridized carbons (Fsp3) is 0.357. The highest BCUT2D eigenvalue weighted by Crippen LogP contribution is 2.39. The molecule has 0 fully saturated rings. The number of benzene rings is 2. The fourth-order valence-corrected chi connectivity index (χ4v) is 4.36. The second-order valence-corrected chi connectivity index (χ2v) is 10.5. The Kier molecular flexibility index (Phi) is 8.44. The van der Waals surface area contributed by atoms with Gasteiger partial charge in [-0.25, -0.2) is 0 Å². The molecule has 2 N–H and O–H groups in total. The second kappa shape index (κ2) is 11.8. The minimum absolute atomic E-state index is 0.151. The smallest absolute Gasteiger partial charge is 0.248 e. The summed E-state index contributed by atoms with van der Waals surface area (Å²) in [7, 11) is 0. The van der Waals surface area contributed by atoms with Crippen molar-refractivity contribution in [3.8, 4) is 11.5 Å². The fourth-order valence-electron chi connectivity index (χ4n) is 4.12. The molecule has 3 amide bonds. The number of ether oxygens (including phenoxy) is 2. The van der Waals surface area contributed by atoms with Crippen LogP contribution in [0.4, 0.5) is 11.5 Å².